The van der Waals surface area contributed by atoms with Crippen molar-refractivity contribution in [2.24, 2.45) is 11.8 Å². The summed E-state index contributed by atoms with van der Waals surface area (Å²) in [6.45, 7) is 4.69. The van der Waals surface area contributed by atoms with E-state index in [1.54, 1.807) is 10.6 Å². The van der Waals surface area contributed by atoms with Crippen LogP contribution in [0.3, 0.4) is 0 Å². The van der Waals surface area contributed by atoms with Crippen LogP contribution in [0.2, 0.25) is 0 Å². The Labute approximate surface area is 185 Å². The van der Waals surface area contributed by atoms with Gasteiger partial charge in [-0.25, -0.2) is 22.7 Å². The summed E-state index contributed by atoms with van der Waals surface area (Å²) >= 11 is 0. The van der Waals surface area contributed by atoms with Crippen LogP contribution in [0.1, 0.15) is 52.4 Å². The molecule has 1 aliphatic carbocycles. The largest absolute Gasteiger partial charge is 0.390 e. The summed E-state index contributed by atoms with van der Waals surface area (Å²) in [5.74, 6) is 1.54. The minimum atomic E-state index is -3.25. The number of fused-ring (bicyclic) bond motifs is 1. The van der Waals surface area contributed by atoms with E-state index in [1.165, 1.54) is 0 Å². The van der Waals surface area contributed by atoms with Crippen molar-refractivity contribution in [2.45, 2.75) is 64.0 Å². The SMILES string of the molecule is CN(c1ncnc2[nH]ccc12)[C@H]1CC[C@H](CS(=O)(=O)N2CCC(C(C)(C)O)CC2)CC1. The first-order valence-corrected chi connectivity index (χ1v) is 13.0. The second-order valence-corrected chi connectivity index (χ2v) is 11.8. The van der Waals surface area contributed by atoms with Gasteiger partial charge in [-0.3, -0.25) is 0 Å². The van der Waals surface area contributed by atoms with Gasteiger partial charge in [-0.15, -0.1) is 0 Å². The fourth-order valence-electron chi connectivity index (χ4n) is 5.26. The number of nitrogens with one attached hydrogen (secondary N) is 1. The van der Waals surface area contributed by atoms with Crippen molar-refractivity contribution in [3.63, 3.8) is 0 Å². The topological polar surface area (TPSA) is 102 Å². The van der Waals surface area contributed by atoms with Gasteiger partial charge in [0.2, 0.25) is 10.0 Å². The molecule has 9 heteroatoms. The van der Waals surface area contributed by atoms with Crippen LogP contribution in [0.15, 0.2) is 18.6 Å². The molecule has 3 heterocycles. The molecule has 8 nitrogen and oxygen atoms in total. The average Bonchev–Trinajstić information content (AvgIpc) is 3.22. The van der Waals surface area contributed by atoms with E-state index in [1.807, 2.05) is 26.1 Å². The quantitative estimate of drug-likeness (QED) is 0.703. The summed E-state index contributed by atoms with van der Waals surface area (Å²) in [5, 5.41) is 11.2. The number of hydrogen-bond acceptors (Lipinski definition) is 6. The molecule has 2 aromatic heterocycles. The van der Waals surface area contributed by atoms with Gasteiger partial charge >= 0.3 is 0 Å². The Morgan fingerprint density at radius 3 is 2.48 bits per heavy atom. The van der Waals surface area contributed by atoms with E-state index in [4.69, 9.17) is 0 Å². The van der Waals surface area contributed by atoms with Crippen LogP contribution >= 0.6 is 0 Å². The van der Waals surface area contributed by atoms with Crippen LogP contribution in [0.5, 0.6) is 0 Å². The zero-order chi connectivity index (χ0) is 22.2. The summed E-state index contributed by atoms with van der Waals surface area (Å²) in [5.41, 5.74) is 0.0978. The van der Waals surface area contributed by atoms with Gasteiger partial charge in [0.25, 0.3) is 0 Å². The number of sulfonamides is 1. The highest BCUT2D eigenvalue weighted by Crippen LogP contribution is 2.34. The first-order chi connectivity index (χ1) is 14.6. The molecule has 4 rings (SSSR count). The first-order valence-electron chi connectivity index (χ1n) is 11.4. The van der Waals surface area contributed by atoms with Gasteiger partial charge in [0.1, 0.15) is 17.8 Å². The van der Waals surface area contributed by atoms with Crippen LogP contribution in [0.25, 0.3) is 11.0 Å². The van der Waals surface area contributed by atoms with Crippen LogP contribution in [0, 0.1) is 11.8 Å². The van der Waals surface area contributed by atoms with Crippen molar-refractivity contribution >= 4 is 26.9 Å². The zero-order valence-electron chi connectivity index (χ0n) is 18.8. The Hall–Kier alpha value is -1.71. The molecule has 0 bridgehead atoms. The van der Waals surface area contributed by atoms with Gasteiger partial charge in [-0.2, -0.15) is 0 Å². The molecule has 2 aliphatic rings. The summed E-state index contributed by atoms with van der Waals surface area (Å²) in [6.07, 6.45) is 8.68. The molecular weight excluding hydrogens is 414 g/mol. The fraction of sp³-hybridized carbons (Fsp3) is 0.727. The molecule has 0 aromatic carbocycles. The lowest BCUT2D eigenvalue weighted by Crippen LogP contribution is -2.46. The van der Waals surface area contributed by atoms with Gasteiger partial charge in [0.15, 0.2) is 0 Å². The summed E-state index contributed by atoms with van der Waals surface area (Å²) in [4.78, 5) is 14.1. The Bertz CT molecular complexity index is 984. The third kappa shape index (κ3) is 4.88. The lowest BCUT2D eigenvalue weighted by Gasteiger charge is -2.38. The van der Waals surface area contributed by atoms with E-state index >= 15 is 0 Å². The minimum Gasteiger partial charge on any atom is -0.390 e. The van der Waals surface area contributed by atoms with Gasteiger partial charge in [0, 0.05) is 32.4 Å². The number of aromatic amines is 1. The molecule has 172 valence electrons. The number of rotatable bonds is 6. The van der Waals surface area contributed by atoms with E-state index in [0.717, 1.165) is 55.4 Å². The number of aromatic nitrogens is 3. The molecule has 0 unspecified atom stereocenters. The van der Waals surface area contributed by atoms with Gasteiger partial charge < -0.3 is 15.0 Å². The van der Waals surface area contributed by atoms with Gasteiger partial charge in [-0.05, 0) is 70.3 Å². The van der Waals surface area contributed by atoms with Crippen LogP contribution in [-0.2, 0) is 10.0 Å². The molecule has 0 atom stereocenters. The number of anilines is 1. The molecule has 0 amide bonds. The molecule has 1 saturated heterocycles. The second kappa shape index (κ2) is 8.67. The van der Waals surface area contributed by atoms with Crippen molar-refractivity contribution in [1.29, 1.82) is 0 Å². The number of piperidine rings is 1. The lowest BCUT2D eigenvalue weighted by molar-refractivity contribution is -0.00379. The summed E-state index contributed by atoms with van der Waals surface area (Å²) < 4.78 is 27.6. The van der Waals surface area contributed by atoms with E-state index in [0.29, 0.717) is 19.1 Å². The maximum atomic E-state index is 13.0. The van der Waals surface area contributed by atoms with Crippen molar-refractivity contribution < 1.29 is 13.5 Å². The lowest BCUT2D eigenvalue weighted by atomic mass is 9.84. The predicted octanol–water partition coefficient (Wildman–Crippen LogP) is 2.77. The van der Waals surface area contributed by atoms with Crippen molar-refractivity contribution in [2.75, 3.05) is 30.8 Å². The molecule has 2 N–H and O–H groups in total. The van der Waals surface area contributed by atoms with Crippen molar-refractivity contribution in [1.82, 2.24) is 19.3 Å². The highest BCUT2D eigenvalue weighted by molar-refractivity contribution is 7.89. The fourth-order valence-corrected chi connectivity index (χ4v) is 7.16. The minimum absolute atomic E-state index is 0.165. The number of aliphatic hydroxyl groups is 1. The molecule has 1 saturated carbocycles. The second-order valence-electron chi connectivity index (χ2n) is 9.83. The Morgan fingerprint density at radius 2 is 1.84 bits per heavy atom. The first kappa shape index (κ1) is 22.5. The predicted molar refractivity (Wildman–Crippen MR) is 122 cm³/mol. The average molecular weight is 450 g/mol. The normalized spacial score (nSPS) is 24.5. The van der Waals surface area contributed by atoms with E-state index < -0.39 is 15.6 Å². The smallest absolute Gasteiger partial charge is 0.214 e. The van der Waals surface area contributed by atoms with Crippen LogP contribution in [-0.4, -0.2) is 70.3 Å². The monoisotopic (exact) mass is 449 g/mol. The molecule has 31 heavy (non-hydrogen) atoms. The molecule has 2 fully saturated rings. The molecule has 0 spiro atoms. The standard InChI is InChI=1S/C22H35N5O3S/c1-22(2,28)17-9-12-27(13-10-17)31(29,30)14-16-4-6-18(7-5-16)26(3)21-19-8-11-23-20(19)24-15-25-21/h8,11,15-18,28H,4-7,9-10,12-14H2,1-3H3,(H,23,24,25)/t16-,18-. The third-order valence-corrected chi connectivity index (χ3v) is 9.37. The molecule has 2 aromatic rings. The number of hydrogen-bond donors (Lipinski definition) is 2. The summed E-state index contributed by atoms with van der Waals surface area (Å²) in [7, 11) is -1.18. The zero-order valence-corrected chi connectivity index (χ0v) is 19.6. The van der Waals surface area contributed by atoms with Crippen molar-refractivity contribution in [3.8, 4) is 0 Å². The summed E-state index contributed by atoms with van der Waals surface area (Å²) in [6, 6.07) is 2.36. The molecule has 0 radical (unpaired) electrons. The molecule has 1 aliphatic heterocycles. The van der Waals surface area contributed by atoms with Crippen LogP contribution in [0.4, 0.5) is 5.82 Å². The van der Waals surface area contributed by atoms with Crippen molar-refractivity contribution in [3.05, 3.63) is 18.6 Å². The van der Waals surface area contributed by atoms with Crippen LogP contribution < -0.4 is 4.90 Å². The van der Waals surface area contributed by atoms with Gasteiger partial charge in [-0.1, -0.05) is 0 Å². The Morgan fingerprint density at radius 1 is 1.16 bits per heavy atom. The Kier molecular flexibility index (Phi) is 6.29. The van der Waals surface area contributed by atoms with E-state index in [-0.39, 0.29) is 17.6 Å². The maximum Gasteiger partial charge on any atom is 0.214 e. The van der Waals surface area contributed by atoms with E-state index in [2.05, 4.69) is 26.9 Å². The number of nitrogens with zero attached hydrogens (tertiary/aromatic N) is 4. The third-order valence-electron chi connectivity index (χ3n) is 7.32. The highest BCUT2D eigenvalue weighted by atomic mass is 32.2. The van der Waals surface area contributed by atoms with E-state index in [9.17, 15) is 13.5 Å². The number of H-pyrrole nitrogens is 1. The van der Waals surface area contributed by atoms with Gasteiger partial charge in [0.05, 0.1) is 16.7 Å². The highest BCUT2D eigenvalue weighted by Gasteiger charge is 2.36. The maximum absolute atomic E-state index is 13.0. The Balaban J connectivity index is 1.31. The molecular formula is C22H35N5O3S.